The fourth-order valence-electron chi connectivity index (χ4n) is 1.69. The van der Waals surface area contributed by atoms with Gasteiger partial charge in [-0.25, -0.2) is 4.98 Å². The molecule has 0 bridgehead atoms. The Morgan fingerprint density at radius 1 is 1.22 bits per heavy atom. The summed E-state index contributed by atoms with van der Waals surface area (Å²) >= 11 is 3.54. The first kappa shape index (κ1) is 13.1. The van der Waals surface area contributed by atoms with Crippen LogP contribution in [-0.4, -0.2) is 11.5 Å². The minimum atomic E-state index is 0.678. The normalized spacial score (nSPS) is 10.4. The number of aromatic nitrogens is 1. The molecule has 0 spiro atoms. The van der Waals surface area contributed by atoms with Gasteiger partial charge in [-0.1, -0.05) is 12.1 Å². The van der Waals surface area contributed by atoms with Crippen LogP contribution in [0.3, 0.4) is 0 Å². The molecule has 0 fully saturated rings. The number of nitrogens with zero attached hydrogens (tertiary/aromatic N) is 1. The molecule has 0 saturated heterocycles. The van der Waals surface area contributed by atoms with Crippen LogP contribution in [0.5, 0.6) is 0 Å². The van der Waals surface area contributed by atoms with Gasteiger partial charge in [0.25, 0.3) is 0 Å². The number of aryl methyl sites for hydroxylation is 1. The molecule has 0 aliphatic heterocycles. The summed E-state index contributed by atoms with van der Waals surface area (Å²) in [4.78, 5) is 4.32. The fourth-order valence-corrected chi connectivity index (χ4v) is 2.02. The second kappa shape index (κ2) is 5.98. The molecule has 0 saturated carbocycles. The minimum absolute atomic E-state index is 0.678. The second-order valence-corrected chi connectivity index (χ2v) is 4.94. The van der Waals surface area contributed by atoms with Crippen molar-refractivity contribution in [2.75, 3.05) is 11.9 Å². The number of nitrogens with one attached hydrogen (secondary N) is 1. The highest BCUT2D eigenvalue weighted by atomic mass is 79.9. The molecule has 0 radical (unpaired) electrons. The first-order valence-corrected chi connectivity index (χ1v) is 6.67. The van der Waals surface area contributed by atoms with Gasteiger partial charge >= 0.3 is 0 Å². The Labute approximate surface area is 116 Å². The van der Waals surface area contributed by atoms with Gasteiger partial charge in [0.2, 0.25) is 0 Å². The van der Waals surface area contributed by atoms with E-state index < -0.39 is 0 Å². The highest BCUT2D eigenvalue weighted by Gasteiger charge is 2.04. The maximum Gasteiger partial charge on any atom is 0.144 e. The number of pyridine rings is 1. The molecule has 0 aliphatic rings. The number of rotatable bonds is 4. The molecule has 0 atom stereocenters. The Morgan fingerprint density at radius 3 is 2.61 bits per heavy atom. The molecular formula is C14H16BrN3. The summed E-state index contributed by atoms with van der Waals surface area (Å²) in [6, 6.07) is 10.2. The first-order valence-electron chi connectivity index (χ1n) is 5.88. The summed E-state index contributed by atoms with van der Waals surface area (Å²) in [6.45, 7) is 2.72. The van der Waals surface area contributed by atoms with Crippen molar-refractivity contribution < 1.29 is 0 Å². The molecule has 2 aromatic rings. The summed E-state index contributed by atoms with van der Waals surface area (Å²) in [5.74, 6) is 0.835. The summed E-state index contributed by atoms with van der Waals surface area (Å²) in [7, 11) is 0. The van der Waals surface area contributed by atoms with Crippen LogP contribution in [0, 0.1) is 6.92 Å². The van der Waals surface area contributed by atoms with Crippen LogP contribution in [0.2, 0.25) is 0 Å². The zero-order valence-electron chi connectivity index (χ0n) is 10.3. The standard InChI is InChI=1S/C14H16BrN3/c1-10-7-9-17-14(13(10)15)18-12-4-2-11(3-5-12)6-8-16/h2-5,7,9H,6,8,16H2,1H3,(H,17,18). The molecule has 0 amide bonds. The average molecular weight is 306 g/mol. The number of nitrogens with two attached hydrogens (primary N) is 1. The van der Waals surface area contributed by atoms with Gasteiger partial charge < -0.3 is 11.1 Å². The third-order valence-corrected chi connectivity index (χ3v) is 3.73. The van der Waals surface area contributed by atoms with Crippen molar-refractivity contribution in [2.24, 2.45) is 5.73 Å². The van der Waals surface area contributed by atoms with Crippen LogP contribution in [0.4, 0.5) is 11.5 Å². The van der Waals surface area contributed by atoms with Crippen LogP contribution in [0.1, 0.15) is 11.1 Å². The molecule has 18 heavy (non-hydrogen) atoms. The lowest BCUT2D eigenvalue weighted by Crippen LogP contribution is -2.02. The third kappa shape index (κ3) is 3.09. The topological polar surface area (TPSA) is 50.9 Å². The van der Waals surface area contributed by atoms with Gasteiger partial charge in [-0.3, -0.25) is 0 Å². The van der Waals surface area contributed by atoms with E-state index in [0.29, 0.717) is 6.54 Å². The van der Waals surface area contributed by atoms with Crippen molar-refractivity contribution in [2.45, 2.75) is 13.3 Å². The largest absolute Gasteiger partial charge is 0.339 e. The van der Waals surface area contributed by atoms with Crippen LogP contribution in [0.15, 0.2) is 41.0 Å². The number of benzene rings is 1. The lowest BCUT2D eigenvalue weighted by molar-refractivity contribution is 0.969. The SMILES string of the molecule is Cc1ccnc(Nc2ccc(CCN)cc2)c1Br. The van der Waals surface area contributed by atoms with E-state index in [0.717, 1.165) is 28.0 Å². The number of anilines is 2. The summed E-state index contributed by atoms with van der Waals surface area (Å²) in [6.07, 6.45) is 2.71. The molecule has 1 aromatic heterocycles. The number of hydrogen-bond donors (Lipinski definition) is 2. The van der Waals surface area contributed by atoms with Crippen molar-refractivity contribution in [1.29, 1.82) is 0 Å². The molecule has 3 nitrogen and oxygen atoms in total. The van der Waals surface area contributed by atoms with E-state index >= 15 is 0 Å². The lowest BCUT2D eigenvalue weighted by Gasteiger charge is -2.09. The molecule has 3 N–H and O–H groups in total. The fraction of sp³-hybridized carbons (Fsp3) is 0.214. The molecule has 94 valence electrons. The molecular weight excluding hydrogens is 290 g/mol. The highest BCUT2D eigenvalue weighted by Crippen LogP contribution is 2.26. The third-order valence-electron chi connectivity index (χ3n) is 2.73. The molecule has 1 aromatic carbocycles. The number of hydrogen-bond acceptors (Lipinski definition) is 3. The second-order valence-electron chi connectivity index (χ2n) is 4.15. The van der Waals surface area contributed by atoms with Gasteiger partial charge in [-0.2, -0.15) is 0 Å². The van der Waals surface area contributed by atoms with E-state index in [1.807, 2.05) is 25.1 Å². The van der Waals surface area contributed by atoms with Gasteiger partial charge in [0, 0.05) is 11.9 Å². The summed E-state index contributed by atoms with van der Waals surface area (Å²) in [5.41, 5.74) is 8.96. The first-order chi connectivity index (χ1) is 8.70. The smallest absolute Gasteiger partial charge is 0.144 e. The quantitative estimate of drug-likeness (QED) is 0.910. The maximum absolute atomic E-state index is 5.53. The molecule has 2 rings (SSSR count). The van der Waals surface area contributed by atoms with Crippen molar-refractivity contribution in [3.05, 3.63) is 52.1 Å². The predicted octanol–water partition coefficient (Wildman–Crippen LogP) is 3.40. The van der Waals surface area contributed by atoms with Gasteiger partial charge in [-0.15, -0.1) is 0 Å². The zero-order chi connectivity index (χ0) is 13.0. The lowest BCUT2D eigenvalue weighted by atomic mass is 10.1. The van der Waals surface area contributed by atoms with E-state index in [-0.39, 0.29) is 0 Å². The van der Waals surface area contributed by atoms with Gasteiger partial charge in [0.05, 0.1) is 4.47 Å². The summed E-state index contributed by atoms with van der Waals surface area (Å²) in [5, 5.41) is 3.29. The van der Waals surface area contributed by atoms with E-state index in [4.69, 9.17) is 5.73 Å². The Kier molecular flexibility index (Phi) is 4.33. The summed E-state index contributed by atoms with van der Waals surface area (Å²) < 4.78 is 0.996. The van der Waals surface area contributed by atoms with Gasteiger partial charge in [-0.05, 0) is 65.1 Å². The Bertz CT molecular complexity index is 523. The zero-order valence-corrected chi connectivity index (χ0v) is 11.9. The van der Waals surface area contributed by atoms with Crippen LogP contribution < -0.4 is 11.1 Å². The van der Waals surface area contributed by atoms with E-state index in [1.54, 1.807) is 6.20 Å². The van der Waals surface area contributed by atoms with Crippen LogP contribution in [0.25, 0.3) is 0 Å². The highest BCUT2D eigenvalue weighted by molar-refractivity contribution is 9.10. The monoisotopic (exact) mass is 305 g/mol. The van der Waals surface area contributed by atoms with Crippen molar-refractivity contribution in [1.82, 2.24) is 4.98 Å². The molecule has 0 aliphatic carbocycles. The average Bonchev–Trinajstić information content (AvgIpc) is 2.38. The number of halogens is 1. The van der Waals surface area contributed by atoms with Crippen LogP contribution >= 0.6 is 15.9 Å². The molecule has 0 unspecified atom stereocenters. The Balaban J connectivity index is 2.16. The maximum atomic E-state index is 5.53. The van der Waals surface area contributed by atoms with Gasteiger partial charge in [0.15, 0.2) is 0 Å². The van der Waals surface area contributed by atoms with Gasteiger partial charge in [0.1, 0.15) is 5.82 Å². The van der Waals surface area contributed by atoms with Crippen LogP contribution in [-0.2, 0) is 6.42 Å². The van der Waals surface area contributed by atoms with E-state index in [9.17, 15) is 0 Å². The Hall–Kier alpha value is -1.39. The molecule has 1 heterocycles. The van der Waals surface area contributed by atoms with E-state index in [1.165, 1.54) is 5.56 Å². The Morgan fingerprint density at radius 2 is 1.94 bits per heavy atom. The predicted molar refractivity (Wildman–Crippen MR) is 79.2 cm³/mol. The minimum Gasteiger partial charge on any atom is -0.339 e. The van der Waals surface area contributed by atoms with Crippen molar-refractivity contribution in [3.8, 4) is 0 Å². The van der Waals surface area contributed by atoms with E-state index in [2.05, 4.69) is 38.4 Å². The van der Waals surface area contributed by atoms with Crippen molar-refractivity contribution >= 4 is 27.4 Å². The van der Waals surface area contributed by atoms with Crippen molar-refractivity contribution in [3.63, 3.8) is 0 Å². The molecule has 4 heteroatoms.